The summed E-state index contributed by atoms with van der Waals surface area (Å²) in [5.74, 6) is 1.21. The normalized spacial score (nSPS) is 34.7. The van der Waals surface area contributed by atoms with Gasteiger partial charge in [0.05, 0.1) is 0 Å². The highest BCUT2D eigenvalue weighted by Crippen LogP contribution is 2.55. The molecule has 0 aromatic heterocycles. The zero-order valence-electron chi connectivity index (χ0n) is 9.50. The van der Waals surface area contributed by atoms with Crippen molar-refractivity contribution in [1.29, 1.82) is 0 Å². The standard InChI is InChI=1S/C13H22O2/c14-8-3-1-2-6-13-7-4-5-11(13)9-12(15)10-13/h11,14H,1-10H2. The molecule has 2 heteroatoms. The van der Waals surface area contributed by atoms with E-state index >= 15 is 0 Å². The summed E-state index contributed by atoms with van der Waals surface area (Å²) in [4.78, 5) is 11.5. The van der Waals surface area contributed by atoms with Gasteiger partial charge in [0.15, 0.2) is 0 Å². The van der Waals surface area contributed by atoms with Crippen LogP contribution in [-0.2, 0) is 4.79 Å². The van der Waals surface area contributed by atoms with E-state index in [2.05, 4.69) is 0 Å². The lowest BCUT2D eigenvalue weighted by Gasteiger charge is -2.28. The third-order valence-corrected chi connectivity index (χ3v) is 4.45. The molecule has 2 atom stereocenters. The lowest BCUT2D eigenvalue weighted by molar-refractivity contribution is -0.118. The van der Waals surface area contributed by atoms with Gasteiger partial charge in [0, 0.05) is 19.4 Å². The molecule has 0 aliphatic heterocycles. The smallest absolute Gasteiger partial charge is 0.133 e. The molecule has 2 unspecified atom stereocenters. The maximum absolute atomic E-state index is 11.5. The van der Waals surface area contributed by atoms with Crippen LogP contribution in [0, 0.1) is 11.3 Å². The minimum absolute atomic E-state index is 0.315. The molecule has 0 aromatic carbocycles. The van der Waals surface area contributed by atoms with Gasteiger partial charge in [-0.2, -0.15) is 0 Å². The third-order valence-electron chi connectivity index (χ3n) is 4.45. The SMILES string of the molecule is O=C1CC2CCCC2(CCCCCO)C1. The molecule has 0 saturated heterocycles. The summed E-state index contributed by atoms with van der Waals surface area (Å²) in [5.41, 5.74) is 0.395. The second kappa shape index (κ2) is 4.65. The molecule has 2 aliphatic carbocycles. The number of ketones is 1. The fourth-order valence-corrected chi connectivity index (χ4v) is 3.68. The number of hydrogen-bond donors (Lipinski definition) is 1. The Hall–Kier alpha value is -0.370. The first-order valence-electron chi connectivity index (χ1n) is 6.39. The van der Waals surface area contributed by atoms with E-state index in [1.54, 1.807) is 0 Å². The maximum atomic E-state index is 11.5. The van der Waals surface area contributed by atoms with Crippen LogP contribution in [0.2, 0.25) is 0 Å². The maximum Gasteiger partial charge on any atom is 0.133 e. The number of aliphatic hydroxyl groups excluding tert-OH is 1. The summed E-state index contributed by atoms with van der Waals surface area (Å²) >= 11 is 0. The lowest BCUT2D eigenvalue weighted by Crippen LogP contribution is -2.19. The minimum atomic E-state index is 0.315. The largest absolute Gasteiger partial charge is 0.396 e. The van der Waals surface area contributed by atoms with Gasteiger partial charge in [0.2, 0.25) is 0 Å². The van der Waals surface area contributed by atoms with Gasteiger partial charge in [-0.05, 0) is 37.0 Å². The molecule has 86 valence electrons. The predicted molar refractivity (Wildman–Crippen MR) is 59.6 cm³/mol. The molecule has 0 spiro atoms. The second-order valence-electron chi connectivity index (χ2n) is 5.41. The summed E-state index contributed by atoms with van der Waals surface area (Å²) < 4.78 is 0. The molecule has 2 nitrogen and oxygen atoms in total. The van der Waals surface area contributed by atoms with Gasteiger partial charge in [0.25, 0.3) is 0 Å². The van der Waals surface area contributed by atoms with Crippen LogP contribution in [0.4, 0.5) is 0 Å². The Kier molecular flexibility index (Phi) is 3.45. The Bertz CT molecular complexity index is 237. The Balaban J connectivity index is 1.85. The van der Waals surface area contributed by atoms with Crippen molar-refractivity contribution in [3.63, 3.8) is 0 Å². The molecular weight excluding hydrogens is 188 g/mol. The number of carbonyl (C=O) groups excluding carboxylic acids is 1. The molecule has 2 fully saturated rings. The molecule has 0 radical (unpaired) electrons. The summed E-state index contributed by atoms with van der Waals surface area (Å²) in [6.07, 6.45) is 10.1. The fraction of sp³-hybridized carbons (Fsp3) is 0.923. The average molecular weight is 210 g/mol. The van der Waals surface area contributed by atoms with E-state index in [0.29, 0.717) is 23.7 Å². The summed E-state index contributed by atoms with van der Waals surface area (Å²) in [6, 6.07) is 0. The number of aliphatic hydroxyl groups is 1. The number of hydrogen-bond acceptors (Lipinski definition) is 2. The van der Waals surface area contributed by atoms with Gasteiger partial charge in [-0.25, -0.2) is 0 Å². The second-order valence-corrected chi connectivity index (χ2v) is 5.41. The number of carbonyl (C=O) groups is 1. The molecule has 15 heavy (non-hydrogen) atoms. The van der Waals surface area contributed by atoms with Crippen molar-refractivity contribution in [2.24, 2.45) is 11.3 Å². The van der Waals surface area contributed by atoms with Crippen LogP contribution >= 0.6 is 0 Å². The number of fused-ring (bicyclic) bond motifs is 1. The average Bonchev–Trinajstić information content (AvgIpc) is 2.68. The summed E-state index contributed by atoms with van der Waals surface area (Å²) in [7, 11) is 0. The zero-order valence-corrected chi connectivity index (χ0v) is 9.50. The Labute approximate surface area is 92.1 Å². The van der Waals surface area contributed by atoms with Crippen molar-refractivity contribution in [2.75, 3.05) is 6.61 Å². The molecule has 0 bridgehead atoms. The van der Waals surface area contributed by atoms with Gasteiger partial charge >= 0.3 is 0 Å². The Morgan fingerprint density at radius 3 is 3.00 bits per heavy atom. The first-order valence-corrected chi connectivity index (χ1v) is 6.39. The van der Waals surface area contributed by atoms with E-state index in [9.17, 15) is 4.79 Å². The Morgan fingerprint density at radius 1 is 1.33 bits per heavy atom. The van der Waals surface area contributed by atoms with E-state index in [-0.39, 0.29) is 0 Å². The van der Waals surface area contributed by atoms with Crippen molar-refractivity contribution < 1.29 is 9.90 Å². The molecule has 0 aromatic rings. The molecule has 2 aliphatic rings. The van der Waals surface area contributed by atoms with Crippen LogP contribution in [0.25, 0.3) is 0 Å². The number of unbranched alkanes of at least 4 members (excludes halogenated alkanes) is 2. The van der Waals surface area contributed by atoms with Crippen molar-refractivity contribution in [1.82, 2.24) is 0 Å². The van der Waals surface area contributed by atoms with Crippen molar-refractivity contribution in [2.45, 2.75) is 57.8 Å². The molecule has 2 rings (SSSR count). The summed E-state index contributed by atoms with van der Waals surface area (Å²) in [5, 5.41) is 8.73. The van der Waals surface area contributed by atoms with Crippen molar-refractivity contribution in [3.05, 3.63) is 0 Å². The monoisotopic (exact) mass is 210 g/mol. The summed E-state index contributed by atoms with van der Waals surface area (Å²) in [6.45, 7) is 0.315. The van der Waals surface area contributed by atoms with Crippen LogP contribution < -0.4 is 0 Å². The topological polar surface area (TPSA) is 37.3 Å². The highest BCUT2D eigenvalue weighted by Gasteiger charge is 2.48. The van der Waals surface area contributed by atoms with Crippen LogP contribution in [0.1, 0.15) is 57.8 Å². The van der Waals surface area contributed by atoms with Crippen LogP contribution in [-0.4, -0.2) is 17.5 Å². The van der Waals surface area contributed by atoms with Crippen molar-refractivity contribution >= 4 is 5.78 Å². The minimum Gasteiger partial charge on any atom is -0.396 e. The molecule has 1 N–H and O–H groups in total. The quantitative estimate of drug-likeness (QED) is 0.708. The molecule has 0 heterocycles. The predicted octanol–water partition coefficient (Wildman–Crippen LogP) is 2.69. The molecule has 2 saturated carbocycles. The molecule has 0 amide bonds. The lowest BCUT2D eigenvalue weighted by atomic mass is 9.76. The van der Waals surface area contributed by atoms with E-state index in [1.165, 1.54) is 32.1 Å². The third kappa shape index (κ3) is 2.25. The molecular formula is C13H22O2. The van der Waals surface area contributed by atoms with Crippen LogP contribution in [0.15, 0.2) is 0 Å². The first-order chi connectivity index (χ1) is 7.27. The number of Topliss-reactive ketones (excluding diaryl/α,β-unsaturated/α-hetero) is 1. The number of rotatable bonds is 5. The Morgan fingerprint density at radius 2 is 2.20 bits per heavy atom. The van der Waals surface area contributed by atoms with Gasteiger partial charge < -0.3 is 5.11 Å². The van der Waals surface area contributed by atoms with Crippen molar-refractivity contribution in [3.8, 4) is 0 Å². The highest BCUT2D eigenvalue weighted by atomic mass is 16.2. The van der Waals surface area contributed by atoms with E-state index < -0.39 is 0 Å². The van der Waals surface area contributed by atoms with E-state index in [0.717, 1.165) is 25.7 Å². The first kappa shape index (κ1) is 11.1. The van der Waals surface area contributed by atoms with Gasteiger partial charge in [-0.15, -0.1) is 0 Å². The van der Waals surface area contributed by atoms with Crippen LogP contribution in [0.5, 0.6) is 0 Å². The van der Waals surface area contributed by atoms with Gasteiger partial charge in [0.1, 0.15) is 5.78 Å². The highest BCUT2D eigenvalue weighted by molar-refractivity contribution is 5.82. The van der Waals surface area contributed by atoms with Gasteiger partial charge in [-0.3, -0.25) is 4.79 Å². The van der Waals surface area contributed by atoms with Gasteiger partial charge in [-0.1, -0.05) is 19.3 Å². The van der Waals surface area contributed by atoms with E-state index in [1.807, 2.05) is 0 Å². The van der Waals surface area contributed by atoms with E-state index in [4.69, 9.17) is 5.11 Å². The van der Waals surface area contributed by atoms with Crippen LogP contribution in [0.3, 0.4) is 0 Å². The fourth-order valence-electron chi connectivity index (χ4n) is 3.68. The zero-order chi connectivity index (χ0) is 10.7.